The van der Waals surface area contributed by atoms with E-state index in [2.05, 4.69) is 5.32 Å². The molecule has 0 atom stereocenters. The van der Waals surface area contributed by atoms with Crippen molar-refractivity contribution >= 4 is 21.6 Å². The number of nitrogens with zero attached hydrogens (tertiary/aromatic N) is 1. The molecule has 0 fully saturated rings. The van der Waals surface area contributed by atoms with Crippen LogP contribution in [0.3, 0.4) is 0 Å². The fourth-order valence-corrected chi connectivity index (χ4v) is 3.35. The molecule has 0 saturated carbocycles. The third-order valence-electron chi connectivity index (χ3n) is 2.77. The number of amides is 1. The summed E-state index contributed by atoms with van der Waals surface area (Å²) in [6.07, 6.45) is 0.646. The van der Waals surface area contributed by atoms with E-state index in [-0.39, 0.29) is 18.2 Å². The number of benzene rings is 1. The molecule has 0 radical (unpaired) electrons. The van der Waals surface area contributed by atoms with E-state index in [0.717, 1.165) is 0 Å². The third-order valence-corrected chi connectivity index (χ3v) is 4.56. The number of nitrogen functional groups attached to an aromatic ring is 1. The lowest BCUT2D eigenvalue weighted by Gasteiger charge is -2.20. The van der Waals surface area contributed by atoms with Gasteiger partial charge >= 0.3 is 0 Å². The van der Waals surface area contributed by atoms with E-state index in [1.165, 1.54) is 11.4 Å². The summed E-state index contributed by atoms with van der Waals surface area (Å²) >= 11 is 0. The molecule has 0 aromatic heterocycles. The van der Waals surface area contributed by atoms with Gasteiger partial charge in [0.15, 0.2) is 0 Å². The molecule has 1 amide bonds. The lowest BCUT2D eigenvalue weighted by atomic mass is 10.2. The molecule has 1 rings (SSSR count). The second-order valence-electron chi connectivity index (χ2n) is 4.51. The van der Waals surface area contributed by atoms with Crippen molar-refractivity contribution in [1.29, 1.82) is 0 Å². The van der Waals surface area contributed by atoms with E-state index in [1.807, 2.05) is 6.92 Å². The van der Waals surface area contributed by atoms with Gasteiger partial charge < -0.3 is 11.1 Å². The maximum Gasteiger partial charge on any atom is 0.235 e. The number of hydrogen-bond acceptors (Lipinski definition) is 4. The van der Waals surface area contributed by atoms with Crippen molar-refractivity contribution in [2.45, 2.75) is 19.1 Å². The fraction of sp³-hybridized carbons (Fsp3) is 0.462. The highest BCUT2D eigenvalue weighted by molar-refractivity contribution is 7.88. The van der Waals surface area contributed by atoms with Gasteiger partial charge in [-0.25, -0.2) is 8.42 Å². The Morgan fingerprint density at radius 2 is 2.10 bits per heavy atom. The second kappa shape index (κ2) is 7.25. The monoisotopic (exact) mass is 299 g/mol. The van der Waals surface area contributed by atoms with Gasteiger partial charge in [0.25, 0.3) is 0 Å². The maximum atomic E-state index is 12.4. The van der Waals surface area contributed by atoms with Crippen LogP contribution in [0.15, 0.2) is 24.3 Å². The minimum atomic E-state index is -3.54. The van der Waals surface area contributed by atoms with Crippen LogP contribution in [0, 0.1) is 0 Å². The first kappa shape index (κ1) is 16.5. The molecule has 3 N–H and O–H groups in total. The Kier molecular flexibility index (Phi) is 5.97. The van der Waals surface area contributed by atoms with E-state index in [1.54, 1.807) is 24.3 Å². The number of carbonyl (C=O) groups is 1. The van der Waals surface area contributed by atoms with E-state index in [4.69, 9.17) is 5.73 Å². The number of sulfonamides is 1. The van der Waals surface area contributed by atoms with Gasteiger partial charge in [0.05, 0.1) is 12.3 Å². The molecule has 0 bridgehead atoms. The first-order valence-corrected chi connectivity index (χ1v) is 8.02. The Morgan fingerprint density at radius 1 is 1.40 bits per heavy atom. The number of nitrogens with two attached hydrogens (primary N) is 1. The molecule has 1 aromatic carbocycles. The van der Waals surface area contributed by atoms with Crippen LogP contribution in [0.4, 0.5) is 5.69 Å². The van der Waals surface area contributed by atoms with Gasteiger partial charge in [0.1, 0.15) is 0 Å². The van der Waals surface area contributed by atoms with Gasteiger partial charge in [-0.15, -0.1) is 0 Å². The fourth-order valence-electron chi connectivity index (χ4n) is 1.79. The maximum absolute atomic E-state index is 12.4. The zero-order valence-corrected chi connectivity index (χ0v) is 12.6. The van der Waals surface area contributed by atoms with Crippen LogP contribution in [-0.4, -0.2) is 38.8 Å². The van der Waals surface area contributed by atoms with Crippen molar-refractivity contribution in [3.63, 3.8) is 0 Å². The largest absolute Gasteiger partial charge is 0.399 e. The van der Waals surface area contributed by atoms with Gasteiger partial charge in [-0.1, -0.05) is 19.1 Å². The van der Waals surface area contributed by atoms with Crippen LogP contribution >= 0.6 is 0 Å². The Hall–Kier alpha value is -1.60. The van der Waals surface area contributed by atoms with Crippen molar-refractivity contribution in [2.75, 3.05) is 25.9 Å². The minimum absolute atomic E-state index is 0.158. The summed E-state index contributed by atoms with van der Waals surface area (Å²) in [5, 5.41) is 2.43. The Balaban J connectivity index is 2.90. The van der Waals surface area contributed by atoms with Gasteiger partial charge in [-0.05, 0) is 24.1 Å². The number of anilines is 1. The summed E-state index contributed by atoms with van der Waals surface area (Å²) in [5.41, 5.74) is 6.78. The van der Waals surface area contributed by atoms with Crippen LogP contribution in [0.2, 0.25) is 0 Å². The molecule has 0 aliphatic rings. The summed E-state index contributed by atoms with van der Waals surface area (Å²) in [4.78, 5) is 11.4. The van der Waals surface area contributed by atoms with E-state index >= 15 is 0 Å². The summed E-state index contributed by atoms with van der Waals surface area (Å²) in [6, 6.07) is 6.74. The molecule has 0 heterocycles. The SMILES string of the molecule is CCCN(CC(=O)NC)S(=O)(=O)Cc1cccc(N)c1. The Labute approximate surface area is 120 Å². The van der Waals surface area contributed by atoms with Gasteiger partial charge in [0.2, 0.25) is 15.9 Å². The molecule has 20 heavy (non-hydrogen) atoms. The predicted octanol–water partition coefficient (Wildman–Crippen LogP) is 0.557. The summed E-state index contributed by atoms with van der Waals surface area (Å²) in [7, 11) is -2.06. The second-order valence-corrected chi connectivity index (χ2v) is 6.48. The zero-order chi connectivity index (χ0) is 15.2. The average Bonchev–Trinajstić information content (AvgIpc) is 2.37. The Bertz CT molecular complexity index is 558. The number of rotatable bonds is 7. The highest BCUT2D eigenvalue weighted by Gasteiger charge is 2.23. The smallest absolute Gasteiger partial charge is 0.235 e. The van der Waals surface area contributed by atoms with Crippen molar-refractivity contribution < 1.29 is 13.2 Å². The van der Waals surface area contributed by atoms with Crippen molar-refractivity contribution in [3.05, 3.63) is 29.8 Å². The number of carbonyl (C=O) groups excluding carboxylic acids is 1. The molecule has 7 heteroatoms. The standard InChI is InChI=1S/C13H21N3O3S/c1-3-7-16(9-13(17)15-2)20(18,19)10-11-5-4-6-12(14)8-11/h4-6,8H,3,7,9-10,14H2,1-2H3,(H,15,17). The van der Waals surface area contributed by atoms with E-state index < -0.39 is 10.0 Å². The number of hydrogen-bond donors (Lipinski definition) is 2. The lowest BCUT2D eigenvalue weighted by molar-refractivity contribution is -0.120. The highest BCUT2D eigenvalue weighted by atomic mass is 32.2. The molecule has 112 valence electrons. The summed E-state index contributed by atoms with van der Waals surface area (Å²) < 4.78 is 25.9. The number of likely N-dealkylation sites (N-methyl/N-ethyl adjacent to an activating group) is 1. The molecule has 0 unspecified atom stereocenters. The zero-order valence-electron chi connectivity index (χ0n) is 11.8. The topological polar surface area (TPSA) is 92.5 Å². The molecule has 0 aliphatic heterocycles. The number of nitrogens with one attached hydrogen (secondary N) is 1. The van der Waals surface area contributed by atoms with Crippen LogP contribution in [0.5, 0.6) is 0 Å². The summed E-state index contributed by atoms with van der Waals surface area (Å²) in [6.45, 7) is 2.03. The molecule has 6 nitrogen and oxygen atoms in total. The molecular weight excluding hydrogens is 278 g/mol. The van der Waals surface area contributed by atoms with Crippen LogP contribution in [-0.2, 0) is 20.6 Å². The van der Waals surface area contributed by atoms with E-state index in [0.29, 0.717) is 24.2 Å². The first-order chi connectivity index (χ1) is 9.39. The van der Waals surface area contributed by atoms with Crippen LogP contribution in [0.1, 0.15) is 18.9 Å². The molecule has 1 aromatic rings. The Morgan fingerprint density at radius 3 is 2.65 bits per heavy atom. The molecular formula is C13H21N3O3S. The van der Waals surface area contributed by atoms with Crippen molar-refractivity contribution in [3.8, 4) is 0 Å². The van der Waals surface area contributed by atoms with Crippen LogP contribution in [0.25, 0.3) is 0 Å². The highest BCUT2D eigenvalue weighted by Crippen LogP contribution is 2.14. The predicted molar refractivity (Wildman–Crippen MR) is 79.4 cm³/mol. The van der Waals surface area contributed by atoms with Crippen molar-refractivity contribution in [2.24, 2.45) is 0 Å². The average molecular weight is 299 g/mol. The van der Waals surface area contributed by atoms with Gasteiger partial charge in [0, 0.05) is 19.3 Å². The molecule has 0 spiro atoms. The quantitative estimate of drug-likeness (QED) is 0.719. The molecule has 0 aliphatic carbocycles. The normalized spacial score (nSPS) is 11.6. The first-order valence-electron chi connectivity index (χ1n) is 6.42. The lowest BCUT2D eigenvalue weighted by Crippen LogP contribution is -2.40. The van der Waals surface area contributed by atoms with Gasteiger partial charge in [-0.2, -0.15) is 4.31 Å². The van der Waals surface area contributed by atoms with Crippen molar-refractivity contribution in [1.82, 2.24) is 9.62 Å². The summed E-state index contributed by atoms with van der Waals surface area (Å²) in [5.74, 6) is -0.482. The van der Waals surface area contributed by atoms with E-state index in [9.17, 15) is 13.2 Å². The van der Waals surface area contributed by atoms with Gasteiger partial charge in [-0.3, -0.25) is 4.79 Å². The minimum Gasteiger partial charge on any atom is -0.399 e. The third kappa shape index (κ3) is 4.82. The van der Waals surface area contributed by atoms with Crippen LogP contribution < -0.4 is 11.1 Å². The molecule has 0 saturated heterocycles.